The fourth-order valence-corrected chi connectivity index (χ4v) is 3.07. The minimum atomic E-state index is -0.339. The number of carbonyl (C=O) groups excluding carboxylic acids is 1. The van der Waals surface area contributed by atoms with E-state index in [0.717, 1.165) is 18.0 Å². The lowest BCUT2D eigenvalue weighted by atomic mass is 10.2. The molecule has 21 heavy (non-hydrogen) atoms. The van der Waals surface area contributed by atoms with E-state index in [1.54, 1.807) is 18.2 Å². The molecule has 0 unspecified atom stereocenters. The Hall–Kier alpha value is -1.89. The Morgan fingerprint density at radius 2 is 2.14 bits per heavy atom. The third-order valence-electron chi connectivity index (χ3n) is 3.27. The first-order valence-corrected chi connectivity index (χ1v) is 7.76. The molecule has 2 N–H and O–H groups in total. The summed E-state index contributed by atoms with van der Waals surface area (Å²) >= 11 is 1.43. The van der Waals surface area contributed by atoms with Crippen molar-refractivity contribution in [1.29, 1.82) is 0 Å². The van der Waals surface area contributed by atoms with Crippen molar-refractivity contribution in [3.63, 3.8) is 0 Å². The summed E-state index contributed by atoms with van der Waals surface area (Å²) in [7, 11) is 0. The summed E-state index contributed by atoms with van der Waals surface area (Å²) in [6.45, 7) is 0. The van der Waals surface area contributed by atoms with Crippen molar-refractivity contribution in [2.45, 2.75) is 30.5 Å². The Balaban J connectivity index is 1.90. The molecular weight excluding hydrogens is 291 g/mol. The van der Waals surface area contributed by atoms with Crippen LogP contribution in [0.3, 0.4) is 0 Å². The highest BCUT2D eigenvalue weighted by molar-refractivity contribution is 7.99. The summed E-state index contributed by atoms with van der Waals surface area (Å²) in [5.74, 6) is 0.462. The van der Waals surface area contributed by atoms with Crippen LogP contribution in [0.25, 0.3) is 11.4 Å². The van der Waals surface area contributed by atoms with Gasteiger partial charge in [-0.25, -0.2) is 4.39 Å². The first-order chi connectivity index (χ1) is 10.2. The van der Waals surface area contributed by atoms with E-state index in [1.807, 2.05) is 4.57 Å². The van der Waals surface area contributed by atoms with E-state index in [9.17, 15) is 9.18 Å². The van der Waals surface area contributed by atoms with Gasteiger partial charge in [0.25, 0.3) is 0 Å². The Morgan fingerprint density at radius 1 is 1.38 bits per heavy atom. The SMILES string of the molecule is NC(=O)CCSc1nnc(-c2ccccc2F)n1C1CC1. The molecule has 3 rings (SSSR count). The largest absolute Gasteiger partial charge is 0.370 e. The number of primary amides is 1. The van der Waals surface area contributed by atoms with E-state index in [1.165, 1.54) is 17.8 Å². The average Bonchev–Trinajstić information content (AvgIpc) is 3.20. The van der Waals surface area contributed by atoms with E-state index in [4.69, 9.17) is 5.73 Å². The number of carbonyl (C=O) groups is 1. The monoisotopic (exact) mass is 306 g/mol. The maximum atomic E-state index is 14.0. The topological polar surface area (TPSA) is 73.8 Å². The average molecular weight is 306 g/mol. The fourth-order valence-electron chi connectivity index (χ4n) is 2.11. The van der Waals surface area contributed by atoms with Crippen molar-refractivity contribution in [2.24, 2.45) is 5.73 Å². The smallest absolute Gasteiger partial charge is 0.218 e. The van der Waals surface area contributed by atoms with Crippen LogP contribution in [0.2, 0.25) is 0 Å². The molecule has 0 bridgehead atoms. The van der Waals surface area contributed by atoms with Crippen LogP contribution in [-0.2, 0) is 4.79 Å². The summed E-state index contributed by atoms with van der Waals surface area (Å²) in [5, 5.41) is 9.01. The maximum absolute atomic E-state index is 14.0. The maximum Gasteiger partial charge on any atom is 0.218 e. The number of rotatable bonds is 6. The molecule has 0 radical (unpaired) electrons. The van der Waals surface area contributed by atoms with Crippen LogP contribution >= 0.6 is 11.8 Å². The van der Waals surface area contributed by atoms with Gasteiger partial charge in [0, 0.05) is 18.2 Å². The zero-order chi connectivity index (χ0) is 14.8. The lowest BCUT2D eigenvalue weighted by Crippen LogP contribution is -2.11. The van der Waals surface area contributed by atoms with Gasteiger partial charge >= 0.3 is 0 Å². The second kappa shape index (κ2) is 5.85. The zero-order valence-electron chi connectivity index (χ0n) is 11.3. The highest BCUT2D eigenvalue weighted by Crippen LogP contribution is 2.41. The van der Waals surface area contributed by atoms with E-state index < -0.39 is 0 Å². The minimum Gasteiger partial charge on any atom is -0.370 e. The van der Waals surface area contributed by atoms with Crippen molar-refractivity contribution >= 4 is 17.7 Å². The van der Waals surface area contributed by atoms with Gasteiger partial charge in [-0.05, 0) is 25.0 Å². The molecule has 0 aliphatic heterocycles. The molecular formula is C14H15FN4OS. The van der Waals surface area contributed by atoms with Crippen LogP contribution in [0.5, 0.6) is 0 Å². The molecule has 2 aromatic rings. The Kier molecular flexibility index (Phi) is 3.92. The minimum absolute atomic E-state index is 0.289. The molecule has 1 aliphatic rings. The number of amides is 1. The number of halogens is 1. The predicted molar refractivity (Wildman–Crippen MR) is 78.2 cm³/mol. The van der Waals surface area contributed by atoms with Crippen molar-refractivity contribution in [3.05, 3.63) is 30.1 Å². The van der Waals surface area contributed by atoms with Gasteiger partial charge in [-0.1, -0.05) is 23.9 Å². The van der Waals surface area contributed by atoms with Gasteiger partial charge in [0.15, 0.2) is 11.0 Å². The van der Waals surface area contributed by atoms with E-state index in [0.29, 0.717) is 23.2 Å². The van der Waals surface area contributed by atoms with Crippen molar-refractivity contribution in [3.8, 4) is 11.4 Å². The molecule has 0 atom stereocenters. The summed E-state index contributed by atoms with van der Waals surface area (Å²) < 4.78 is 15.9. The highest BCUT2D eigenvalue weighted by atomic mass is 32.2. The molecule has 1 aliphatic carbocycles. The number of benzene rings is 1. The van der Waals surface area contributed by atoms with E-state index >= 15 is 0 Å². The number of aromatic nitrogens is 3. The molecule has 110 valence electrons. The van der Waals surface area contributed by atoms with Gasteiger partial charge in [0.2, 0.25) is 5.91 Å². The van der Waals surface area contributed by atoms with Gasteiger partial charge in [-0.2, -0.15) is 0 Å². The second-order valence-electron chi connectivity index (χ2n) is 4.95. The number of hydrogen-bond donors (Lipinski definition) is 1. The Morgan fingerprint density at radius 3 is 2.81 bits per heavy atom. The first kappa shape index (κ1) is 14.1. The molecule has 1 aromatic heterocycles. The van der Waals surface area contributed by atoms with Crippen LogP contribution in [0.1, 0.15) is 25.3 Å². The molecule has 1 fully saturated rings. The van der Waals surface area contributed by atoms with Crippen LogP contribution in [0, 0.1) is 5.82 Å². The van der Waals surface area contributed by atoms with E-state index in [2.05, 4.69) is 10.2 Å². The lowest BCUT2D eigenvalue weighted by Gasteiger charge is -2.09. The molecule has 0 saturated heterocycles. The van der Waals surface area contributed by atoms with Crippen LogP contribution < -0.4 is 5.73 Å². The number of nitrogens with two attached hydrogens (primary N) is 1. The number of thioether (sulfide) groups is 1. The standard InChI is InChI=1S/C14H15FN4OS/c15-11-4-2-1-3-10(11)13-17-18-14(19(13)9-5-6-9)21-8-7-12(16)20/h1-4,9H,5-8H2,(H2,16,20). The molecule has 5 nitrogen and oxygen atoms in total. The van der Waals surface area contributed by atoms with Crippen LogP contribution in [0.4, 0.5) is 4.39 Å². The fraction of sp³-hybridized carbons (Fsp3) is 0.357. The summed E-state index contributed by atoms with van der Waals surface area (Å²) in [6, 6.07) is 6.88. The lowest BCUT2D eigenvalue weighted by molar-refractivity contribution is -0.117. The molecule has 1 amide bonds. The number of nitrogens with zero attached hydrogens (tertiary/aromatic N) is 3. The second-order valence-corrected chi connectivity index (χ2v) is 6.01. The van der Waals surface area contributed by atoms with Crippen molar-refractivity contribution < 1.29 is 9.18 Å². The van der Waals surface area contributed by atoms with Crippen LogP contribution in [-0.4, -0.2) is 26.4 Å². The molecule has 1 aromatic carbocycles. The third kappa shape index (κ3) is 3.07. The van der Waals surface area contributed by atoms with Crippen molar-refractivity contribution in [1.82, 2.24) is 14.8 Å². The molecule has 1 heterocycles. The predicted octanol–water partition coefficient (Wildman–Crippen LogP) is 2.39. The van der Waals surface area contributed by atoms with Gasteiger partial charge in [0.1, 0.15) is 5.82 Å². The van der Waals surface area contributed by atoms with E-state index in [-0.39, 0.29) is 18.1 Å². The molecule has 0 spiro atoms. The van der Waals surface area contributed by atoms with Gasteiger partial charge in [-0.3, -0.25) is 9.36 Å². The normalized spacial score (nSPS) is 14.3. The Labute approximate surface area is 125 Å². The summed E-state index contributed by atoms with van der Waals surface area (Å²) in [6.07, 6.45) is 2.38. The van der Waals surface area contributed by atoms with Crippen LogP contribution in [0.15, 0.2) is 29.4 Å². The van der Waals surface area contributed by atoms with Crippen molar-refractivity contribution in [2.75, 3.05) is 5.75 Å². The third-order valence-corrected chi connectivity index (χ3v) is 4.22. The van der Waals surface area contributed by atoms with Gasteiger partial charge < -0.3 is 5.73 Å². The van der Waals surface area contributed by atoms with Gasteiger partial charge in [0.05, 0.1) is 5.56 Å². The molecule has 7 heteroatoms. The molecule has 1 saturated carbocycles. The highest BCUT2D eigenvalue weighted by Gasteiger charge is 2.30. The van der Waals surface area contributed by atoms with Gasteiger partial charge in [-0.15, -0.1) is 10.2 Å². The summed E-state index contributed by atoms with van der Waals surface area (Å²) in [5.41, 5.74) is 5.60. The first-order valence-electron chi connectivity index (χ1n) is 6.77. The Bertz CT molecular complexity index is 669. The summed E-state index contributed by atoms with van der Waals surface area (Å²) in [4.78, 5) is 10.8. The quantitative estimate of drug-likeness (QED) is 0.832. The zero-order valence-corrected chi connectivity index (χ0v) is 12.1. The number of hydrogen-bond acceptors (Lipinski definition) is 4.